The highest BCUT2D eigenvalue weighted by Gasteiger charge is 2.75. The van der Waals surface area contributed by atoms with Crippen molar-refractivity contribution in [2.24, 2.45) is 11.3 Å². The van der Waals surface area contributed by atoms with Crippen molar-refractivity contribution < 1.29 is 14.3 Å². The molecule has 16 heavy (non-hydrogen) atoms. The highest BCUT2D eigenvalue weighted by atomic mass is 16.6. The minimum absolute atomic E-state index is 0.0447. The van der Waals surface area contributed by atoms with Crippen LogP contribution in [-0.2, 0) is 14.3 Å². The van der Waals surface area contributed by atoms with E-state index in [9.17, 15) is 4.79 Å². The lowest BCUT2D eigenvalue weighted by atomic mass is 9.88. The van der Waals surface area contributed by atoms with Gasteiger partial charge in [0.05, 0.1) is 17.6 Å². The van der Waals surface area contributed by atoms with Crippen LogP contribution in [0.1, 0.15) is 27.2 Å². The van der Waals surface area contributed by atoms with Gasteiger partial charge >= 0.3 is 5.97 Å². The van der Waals surface area contributed by atoms with Gasteiger partial charge in [-0.2, -0.15) is 0 Å². The Hall–Kier alpha value is -0.610. The van der Waals surface area contributed by atoms with E-state index in [2.05, 4.69) is 5.32 Å². The van der Waals surface area contributed by atoms with E-state index in [-0.39, 0.29) is 17.0 Å². The predicted molar refractivity (Wildman–Crippen MR) is 57.9 cm³/mol. The SMILES string of the molecule is CC(C)(C)OC(=O)C12COC3(CNC3)C1C2. The first-order valence-corrected chi connectivity index (χ1v) is 5.96. The Kier molecular flexibility index (Phi) is 1.84. The number of fused-ring (bicyclic) bond motifs is 2. The van der Waals surface area contributed by atoms with E-state index in [0.29, 0.717) is 12.5 Å². The van der Waals surface area contributed by atoms with Crippen molar-refractivity contribution in [3.8, 4) is 0 Å². The molecule has 0 amide bonds. The maximum absolute atomic E-state index is 12.1. The number of rotatable bonds is 1. The second kappa shape index (κ2) is 2.79. The molecule has 2 atom stereocenters. The molecule has 0 radical (unpaired) electrons. The van der Waals surface area contributed by atoms with Gasteiger partial charge in [0.25, 0.3) is 0 Å². The van der Waals surface area contributed by atoms with Crippen LogP contribution in [0.15, 0.2) is 0 Å². The fourth-order valence-corrected chi connectivity index (χ4v) is 2.91. The monoisotopic (exact) mass is 225 g/mol. The number of ether oxygens (including phenoxy) is 2. The molecule has 4 nitrogen and oxygen atoms in total. The number of nitrogens with one attached hydrogen (secondary N) is 1. The van der Waals surface area contributed by atoms with Gasteiger partial charge in [-0.05, 0) is 27.2 Å². The summed E-state index contributed by atoms with van der Waals surface area (Å²) in [4.78, 5) is 12.1. The van der Waals surface area contributed by atoms with E-state index in [1.165, 1.54) is 0 Å². The smallest absolute Gasteiger partial charge is 0.315 e. The molecule has 90 valence electrons. The summed E-state index contributed by atoms with van der Waals surface area (Å²) in [5.74, 6) is 0.324. The zero-order chi connectivity index (χ0) is 11.6. The number of esters is 1. The first kappa shape index (κ1) is 10.5. The van der Waals surface area contributed by atoms with Crippen LogP contribution in [0.25, 0.3) is 0 Å². The summed E-state index contributed by atoms with van der Waals surface area (Å²) in [5, 5.41) is 3.23. The van der Waals surface area contributed by atoms with E-state index in [0.717, 1.165) is 19.5 Å². The zero-order valence-corrected chi connectivity index (χ0v) is 10.1. The van der Waals surface area contributed by atoms with E-state index >= 15 is 0 Å². The van der Waals surface area contributed by atoms with Crippen molar-refractivity contribution in [2.75, 3.05) is 19.7 Å². The first-order valence-electron chi connectivity index (χ1n) is 5.96. The number of hydrogen-bond donors (Lipinski definition) is 1. The van der Waals surface area contributed by atoms with Crippen molar-refractivity contribution >= 4 is 5.97 Å². The summed E-state index contributed by atoms with van der Waals surface area (Å²) in [6.07, 6.45) is 0.948. The van der Waals surface area contributed by atoms with Gasteiger partial charge in [-0.15, -0.1) is 0 Å². The molecule has 2 aliphatic heterocycles. The van der Waals surface area contributed by atoms with Crippen LogP contribution in [-0.4, -0.2) is 36.9 Å². The molecule has 0 aromatic carbocycles. The summed E-state index contributed by atoms with van der Waals surface area (Å²) in [7, 11) is 0. The fraction of sp³-hybridized carbons (Fsp3) is 0.917. The summed E-state index contributed by atoms with van der Waals surface area (Å²) in [6, 6.07) is 0. The fourth-order valence-electron chi connectivity index (χ4n) is 2.91. The molecule has 2 saturated heterocycles. The lowest BCUT2D eigenvalue weighted by Gasteiger charge is -2.39. The normalized spacial score (nSPS) is 39.1. The molecule has 0 aromatic heterocycles. The Morgan fingerprint density at radius 2 is 2.12 bits per heavy atom. The van der Waals surface area contributed by atoms with Gasteiger partial charge in [-0.25, -0.2) is 0 Å². The molecular formula is C12H19NO3. The second-order valence-electron chi connectivity index (χ2n) is 6.37. The Labute approximate surface area is 95.7 Å². The standard InChI is InChI=1S/C12H19NO3/c1-10(2,3)16-9(14)11-4-8(11)12(15-7-11)5-13-6-12/h8,13H,4-7H2,1-3H3. The molecule has 0 bridgehead atoms. The molecule has 1 spiro atoms. The molecule has 1 saturated carbocycles. The van der Waals surface area contributed by atoms with Gasteiger partial charge in [-0.3, -0.25) is 4.79 Å². The lowest BCUT2D eigenvalue weighted by molar-refractivity contribution is -0.162. The Morgan fingerprint density at radius 3 is 2.50 bits per heavy atom. The molecule has 3 rings (SSSR count). The van der Waals surface area contributed by atoms with E-state index in [4.69, 9.17) is 9.47 Å². The third-order valence-corrected chi connectivity index (χ3v) is 3.98. The van der Waals surface area contributed by atoms with Gasteiger partial charge < -0.3 is 14.8 Å². The van der Waals surface area contributed by atoms with Crippen LogP contribution in [0.3, 0.4) is 0 Å². The molecule has 4 heteroatoms. The third-order valence-electron chi connectivity index (χ3n) is 3.98. The maximum atomic E-state index is 12.1. The van der Waals surface area contributed by atoms with Crippen molar-refractivity contribution in [3.63, 3.8) is 0 Å². The first-order chi connectivity index (χ1) is 7.38. The van der Waals surface area contributed by atoms with Gasteiger partial charge in [0, 0.05) is 19.0 Å². The summed E-state index contributed by atoms with van der Waals surface area (Å²) < 4.78 is 11.3. The van der Waals surface area contributed by atoms with Crippen molar-refractivity contribution in [2.45, 2.75) is 38.4 Å². The van der Waals surface area contributed by atoms with Crippen molar-refractivity contribution in [1.29, 1.82) is 0 Å². The van der Waals surface area contributed by atoms with Gasteiger partial charge in [0.1, 0.15) is 5.60 Å². The van der Waals surface area contributed by atoms with E-state index in [1.54, 1.807) is 0 Å². The molecule has 3 fully saturated rings. The maximum Gasteiger partial charge on any atom is 0.315 e. The van der Waals surface area contributed by atoms with Crippen LogP contribution in [0.5, 0.6) is 0 Å². The van der Waals surface area contributed by atoms with Gasteiger partial charge in [-0.1, -0.05) is 0 Å². The van der Waals surface area contributed by atoms with Crippen LogP contribution in [0, 0.1) is 11.3 Å². The Balaban J connectivity index is 1.72. The van der Waals surface area contributed by atoms with Crippen LogP contribution >= 0.6 is 0 Å². The minimum Gasteiger partial charge on any atom is -0.459 e. The van der Waals surface area contributed by atoms with Crippen molar-refractivity contribution in [1.82, 2.24) is 5.32 Å². The largest absolute Gasteiger partial charge is 0.459 e. The topological polar surface area (TPSA) is 47.6 Å². The number of carbonyl (C=O) groups is 1. The van der Waals surface area contributed by atoms with Gasteiger partial charge in [0.2, 0.25) is 0 Å². The van der Waals surface area contributed by atoms with Crippen molar-refractivity contribution in [3.05, 3.63) is 0 Å². The Morgan fingerprint density at radius 1 is 1.44 bits per heavy atom. The van der Waals surface area contributed by atoms with E-state index in [1.807, 2.05) is 20.8 Å². The lowest BCUT2D eigenvalue weighted by Crippen LogP contribution is -2.61. The molecule has 1 N–H and O–H groups in total. The number of hydrogen-bond acceptors (Lipinski definition) is 4. The quantitative estimate of drug-likeness (QED) is 0.668. The molecule has 0 aromatic rings. The second-order valence-corrected chi connectivity index (χ2v) is 6.37. The summed E-state index contributed by atoms with van der Waals surface area (Å²) in [6.45, 7) is 8.07. The number of carbonyl (C=O) groups excluding carboxylic acids is 1. The Bertz CT molecular complexity index is 343. The average molecular weight is 225 g/mol. The predicted octanol–water partition coefficient (Wildman–Crippen LogP) is 0.707. The van der Waals surface area contributed by atoms with Gasteiger partial charge in [0.15, 0.2) is 0 Å². The molecule has 2 heterocycles. The molecular weight excluding hydrogens is 206 g/mol. The van der Waals surface area contributed by atoms with Crippen LogP contribution in [0.4, 0.5) is 0 Å². The molecule has 1 aliphatic carbocycles. The molecule has 2 unspecified atom stereocenters. The van der Waals surface area contributed by atoms with Crippen LogP contribution in [0.2, 0.25) is 0 Å². The highest BCUT2D eigenvalue weighted by Crippen LogP contribution is 2.66. The van der Waals surface area contributed by atoms with E-state index < -0.39 is 5.60 Å². The zero-order valence-electron chi connectivity index (χ0n) is 10.1. The summed E-state index contributed by atoms with van der Waals surface area (Å²) in [5.41, 5.74) is -0.751. The average Bonchev–Trinajstić information content (AvgIpc) is 2.71. The summed E-state index contributed by atoms with van der Waals surface area (Å²) >= 11 is 0. The highest BCUT2D eigenvalue weighted by molar-refractivity contribution is 5.82. The molecule has 3 aliphatic rings. The van der Waals surface area contributed by atoms with Crippen LogP contribution < -0.4 is 5.32 Å². The third kappa shape index (κ3) is 1.26. The minimum atomic E-state index is -0.396.